The maximum absolute atomic E-state index is 12.9. The molecule has 0 bridgehead atoms. The van der Waals surface area contributed by atoms with E-state index in [0.29, 0.717) is 18.2 Å². The molecule has 31 heavy (non-hydrogen) atoms. The van der Waals surface area contributed by atoms with Crippen molar-refractivity contribution < 1.29 is 37.3 Å². The third-order valence-electron chi connectivity index (χ3n) is 5.58. The van der Waals surface area contributed by atoms with Crippen LogP contribution < -0.4 is 0 Å². The van der Waals surface area contributed by atoms with E-state index >= 15 is 0 Å². The van der Waals surface area contributed by atoms with Gasteiger partial charge in [0.15, 0.2) is 0 Å². The van der Waals surface area contributed by atoms with Crippen molar-refractivity contribution in [3.8, 4) is 0 Å². The fourth-order valence-electron chi connectivity index (χ4n) is 4.15. The summed E-state index contributed by atoms with van der Waals surface area (Å²) < 4.78 is 43.4. The zero-order chi connectivity index (χ0) is 22.4. The Labute approximate surface area is 177 Å². The van der Waals surface area contributed by atoms with Gasteiger partial charge in [0.2, 0.25) is 0 Å². The van der Waals surface area contributed by atoms with E-state index in [1.807, 2.05) is 4.90 Å². The molecule has 9 nitrogen and oxygen atoms in total. The third kappa shape index (κ3) is 6.11. The number of ether oxygens (including phenoxy) is 2. The van der Waals surface area contributed by atoms with Gasteiger partial charge in [-0.2, -0.15) is 13.2 Å². The number of halogens is 3. The van der Waals surface area contributed by atoms with Crippen molar-refractivity contribution in [1.29, 1.82) is 0 Å². The Bertz CT molecular complexity index is 746. The van der Waals surface area contributed by atoms with Gasteiger partial charge in [-0.05, 0) is 18.9 Å². The standard InChI is InChI=1S/C17H24N4O3.C2HF3O2/c22-17(14-3-4-18-12-19-14)21-10-13-2-1-7-24-16(13)15(11-21)20-5-8-23-9-6-20;3-2(4,5)1(6)7/h3-4,12-13,15-16H,1-2,5-11H2;(H,6,7)/t13-,15+,16-;/m0./s1. The van der Waals surface area contributed by atoms with Crippen LogP contribution in [0.4, 0.5) is 13.2 Å². The Kier molecular flexibility index (Phi) is 7.79. The lowest BCUT2D eigenvalue weighted by Gasteiger charge is -2.50. The molecule has 3 aliphatic heterocycles. The fraction of sp³-hybridized carbons (Fsp3) is 0.684. The molecule has 3 saturated heterocycles. The average Bonchev–Trinajstić information content (AvgIpc) is 2.79. The molecule has 0 unspecified atom stereocenters. The van der Waals surface area contributed by atoms with Crippen LogP contribution >= 0.6 is 0 Å². The van der Waals surface area contributed by atoms with Crippen LogP contribution in [0.2, 0.25) is 0 Å². The number of carboxylic acid groups (broad SMARTS) is 1. The van der Waals surface area contributed by atoms with Crippen LogP contribution in [-0.2, 0) is 14.3 Å². The number of fused-ring (bicyclic) bond motifs is 1. The first-order valence-corrected chi connectivity index (χ1v) is 10.1. The topological polar surface area (TPSA) is 105 Å². The minimum Gasteiger partial charge on any atom is -0.475 e. The molecule has 4 rings (SSSR count). The number of rotatable bonds is 2. The maximum Gasteiger partial charge on any atom is 0.490 e. The van der Waals surface area contributed by atoms with Crippen molar-refractivity contribution >= 4 is 11.9 Å². The molecule has 172 valence electrons. The minimum absolute atomic E-state index is 0.000294. The summed E-state index contributed by atoms with van der Waals surface area (Å²) in [6.45, 7) is 5.63. The molecule has 1 N–H and O–H groups in total. The Balaban J connectivity index is 0.000000339. The van der Waals surface area contributed by atoms with E-state index in [0.717, 1.165) is 52.3 Å². The second-order valence-electron chi connectivity index (χ2n) is 7.56. The van der Waals surface area contributed by atoms with Crippen LogP contribution in [-0.4, -0.2) is 101 Å². The molecule has 0 saturated carbocycles. The number of hydrogen-bond acceptors (Lipinski definition) is 7. The van der Waals surface area contributed by atoms with E-state index in [-0.39, 0.29) is 18.1 Å². The third-order valence-corrected chi connectivity index (χ3v) is 5.58. The molecule has 3 atom stereocenters. The number of aromatic nitrogens is 2. The van der Waals surface area contributed by atoms with E-state index in [9.17, 15) is 18.0 Å². The molecule has 1 aromatic heterocycles. The Hall–Kier alpha value is -2.31. The summed E-state index contributed by atoms with van der Waals surface area (Å²) >= 11 is 0. The lowest BCUT2D eigenvalue weighted by atomic mass is 9.84. The van der Waals surface area contributed by atoms with Crippen LogP contribution in [0.25, 0.3) is 0 Å². The van der Waals surface area contributed by atoms with Gasteiger partial charge in [-0.15, -0.1) is 0 Å². The Morgan fingerprint density at radius 1 is 1.16 bits per heavy atom. The zero-order valence-electron chi connectivity index (χ0n) is 16.8. The predicted octanol–water partition coefficient (Wildman–Crippen LogP) is 1.06. The number of morpholine rings is 1. The first-order chi connectivity index (χ1) is 14.8. The number of aliphatic carboxylic acids is 1. The monoisotopic (exact) mass is 446 g/mol. The summed E-state index contributed by atoms with van der Waals surface area (Å²) in [7, 11) is 0. The molecule has 1 aromatic rings. The molecule has 1 amide bonds. The van der Waals surface area contributed by atoms with Crippen molar-refractivity contribution in [2.75, 3.05) is 46.0 Å². The number of alkyl halides is 3. The van der Waals surface area contributed by atoms with Gasteiger partial charge < -0.3 is 19.5 Å². The number of nitrogens with zero attached hydrogens (tertiary/aromatic N) is 4. The molecular weight excluding hydrogens is 421 g/mol. The van der Waals surface area contributed by atoms with E-state index in [1.165, 1.54) is 6.33 Å². The highest BCUT2D eigenvalue weighted by molar-refractivity contribution is 5.92. The molecule has 3 aliphatic rings. The van der Waals surface area contributed by atoms with Gasteiger partial charge in [0, 0.05) is 44.9 Å². The first-order valence-electron chi connectivity index (χ1n) is 10.1. The molecular formula is C19H25F3N4O5. The van der Waals surface area contributed by atoms with E-state index in [1.54, 1.807) is 12.3 Å². The predicted molar refractivity (Wildman–Crippen MR) is 100 cm³/mol. The summed E-state index contributed by atoms with van der Waals surface area (Å²) in [5, 5.41) is 7.12. The molecule has 0 radical (unpaired) electrons. The number of likely N-dealkylation sites (tertiary alicyclic amines) is 1. The summed E-state index contributed by atoms with van der Waals surface area (Å²) in [6.07, 6.45) is 0.400. The number of carbonyl (C=O) groups excluding carboxylic acids is 1. The van der Waals surface area contributed by atoms with E-state index in [4.69, 9.17) is 19.4 Å². The van der Waals surface area contributed by atoms with Gasteiger partial charge in [-0.1, -0.05) is 0 Å². The first kappa shape index (κ1) is 23.4. The largest absolute Gasteiger partial charge is 0.490 e. The van der Waals surface area contributed by atoms with Crippen LogP contribution in [0.3, 0.4) is 0 Å². The lowest BCUT2D eigenvalue weighted by molar-refractivity contribution is -0.192. The molecule has 0 spiro atoms. The Morgan fingerprint density at radius 2 is 1.87 bits per heavy atom. The fourth-order valence-corrected chi connectivity index (χ4v) is 4.15. The SMILES string of the molecule is O=C(O)C(F)(F)F.O=C(c1ccncn1)N1C[C@@H]2CCCO[C@@H]2[C@H](N2CCOCC2)C1. The quantitative estimate of drug-likeness (QED) is 0.719. The molecule has 3 fully saturated rings. The normalized spacial score (nSPS) is 26.9. The van der Waals surface area contributed by atoms with Crippen molar-refractivity contribution in [1.82, 2.24) is 19.8 Å². The smallest absolute Gasteiger partial charge is 0.475 e. The summed E-state index contributed by atoms with van der Waals surface area (Å²) in [4.78, 5) is 34.2. The van der Waals surface area contributed by atoms with Crippen LogP contribution in [0.5, 0.6) is 0 Å². The van der Waals surface area contributed by atoms with E-state index in [2.05, 4.69) is 14.9 Å². The number of carbonyl (C=O) groups is 2. The highest BCUT2D eigenvalue weighted by atomic mass is 19.4. The van der Waals surface area contributed by atoms with Crippen LogP contribution in [0, 0.1) is 5.92 Å². The van der Waals surface area contributed by atoms with Crippen molar-refractivity contribution in [2.24, 2.45) is 5.92 Å². The summed E-state index contributed by atoms with van der Waals surface area (Å²) in [6, 6.07) is 1.94. The second kappa shape index (κ2) is 10.3. The highest BCUT2D eigenvalue weighted by Crippen LogP contribution is 2.32. The summed E-state index contributed by atoms with van der Waals surface area (Å²) in [5.41, 5.74) is 0.473. The summed E-state index contributed by atoms with van der Waals surface area (Å²) in [5.74, 6) is -2.35. The van der Waals surface area contributed by atoms with E-state index < -0.39 is 12.1 Å². The number of piperidine rings is 1. The van der Waals surface area contributed by atoms with Gasteiger partial charge >= 0.3 is 12.1 Å². The molecule has 12 heteroatoms. The van der Waals surface area contributed by atoms with Gasteiger partial charge in [-0.25, -0.2) is 14.8 Å². The minimum atomic E-state index is -5.08. The van der Waals surface area contributed by atoms with Crippen molar-refractivity contribution in [3.05, 3.63) is 24.3 Å². The van der Waals surface area contributed by atoms with Crippen molar-refractivity contribution in [2.45, 2.75) is 31.2 Å². The highest BCUT2D eigenvalue weighted by Gasteiger charge is 2.43. The number of carboxylic acids is 1. The molecule has 0 aromatic carbocycles. The Morgan fingerprint density at radius 3 is 2.48 bits per heavy atom. The second-order valence-corrected chi connectivity index (χ2v) is 7.56. The van der Waals surface area contributed by atoms with Gasteiger partial charge in [0.1, 0.15) is 12.0 Å². The van der Waals surface area contributed by atoms with Crippen LogP contribution in [0.1, 0.15) is 23.3 Å². The average molecular weight is 446 g/mol. The zero-order valence-corrected chi connectivity index (χ0v) is 16.8. The number of hydrogen-bond donors (Lipinski definition) is 1. The maximum atomic E-state index is 12.9. The lowest BCUT2D eigenvalue weighted by Crippen LogP contribution is -2.63. The number of amides is 1. The molecule has 4 heterocycles. The van der Waals surface area contributed by atoms with Crippen LogP contribution in [0.15, 0.2) is 18.6 Å². The van der Waals surface area contributed by atoms with Gasteiger partial charge in [0.25, 0.3) is 5.91 Å². The van der Waals surface area contributed by atoms with Gasteiger partial charge in [0.05, 0.1) is 25.4 Å². The molecule has 0 aliphatic carbocycles. The van der Waals surface area contributed by atoms with Crippen molar-refractivity contribution in [3.63, 3.8) is 0 Å². The van der Waals surface area contributed by atoms with Gasteiger partial charge in [-0.3, -0.25) is 9.69 Å².